The maximum atomic E-state index is 4.84. The zero-order valence-corrected chi connectivity index (χ0v) is 4.57. The van der Waals surface area contributed by atoms with E-state index in [1.807, 2.05) is 0 Å². The Labute approximate surface area is 63.7 Å². The average molecular weight is 68.0 g/mol. The van der Waals surface area contributed by atoms with Gasteiger partial charge >= 0.3 is 37.7 Å². The van der Waals surface area contributed by atoms with Gasteiger partial charge in [0, 0.05) is 0 Å². The van der Waals surface area contributed by atoms with E-state index in [9.17, 15) is 0 Å². The summed E-state index contributed by atoms with van der Waals surface area (Å²) in [5.41, 5.74) is 0. The van der Waals surface area contributed by atoms with Gasteiger partial charge in [0.2, 0.25) is 0 Å². The first-order valence-electron chi connectivity index (χ1n) is 1.24. The Bertz CT molecular complexity index is 19.5. The van der Waals surface area contributed by atoms with E-state index in [0.717, 1.165) is 6.42 Å². The van der Waals surface area contributed by atoms with Gasteiger partial charge in [0.05, 0.1) is 0 Å². The van der Waals surface area contributed by atoms with E-state index in [4.69, 9.17) is 6.58 Å². The molecular formula is C4H6Li2. The number of hydrogen-bond acceptors (Lipinski definition) is 0. The summed E-state index contributed by atoms with van der Waals surface area (Å²) >= 11 is 0. The smallest absolute Gasteiger partial charge is 0.520 e. The quantitative estimate of drug-likeness (QED) is 0.214. The SMILES string of the molecule is [CH-]=CC[CH2-].[Li+].[Li+]. The Balaban J connectivity index is -0.0000000450. The standard InChI is InChI=1S/C4H6.2Li/c1-3-4-2;;/h1,3H,2,4H2;;/q-2;2*+1. The minimum Gasteiger partial charge on any atom is -0.520 e. The van der Waals surface area contributed by atoms with Gasteiger partial charge in [-0.1, -0.05) is 0 Å². The zero-order chi connectivity index (χ0) is 3.41. The van der Waals surface area contributed by atoms with Crippen molar-refractivity contribution in [2.24, 2.45) is 0 Å². The molecule has 0 heterocycles. The first-order valence-corrected chi connectivity index (χ1v) is 1.24. The summed E-state index contributed by atoms with van der Waals surface area (Å²) in [6.45, 7) is 8.26. The summed E-state index contributed by atoms with van der Waals surface area (Å²) in [4.78, 5) is 0. The molecule has 0 atom stereocenters. The molecule has 0 saturated heterocycles. The van der Waals surface area contributed by atoms with Crippen molar-refractivity contribution in [1.29, 1.82) is 0 Å². The molecule has 0 aromatic carbocycles. The van der Waals surface area contributed by atoms with Crippen LogP contribution in [-0.4, -0.2) is 0 Å². The van der Waals surface area contributed by atoms with Crippen molar-refractivity contribution in [3.63, 3.8) is 0 Å². The van der Waals surface area contributed by atoms with Crippen LogP contribution in [0, 0.1) is 13.5 Å². The minimum atomic E-state index is 0. The molecule has 24 valence electrons. The topological polar surface area (TPSA) is 0 Å². The second-order valence-electron chi connectivity index (χ2n) is 0.524. The second kappa shape index (κ2) is 16.8. The first kappa shape index (κ1) is 15.8. The van der Waals surface area contributed by atoms with Crippen LogP contribution in [-0.2, 0) is 0 Å². The van der Waals surface area contributed by atoms with Gasteiger partial charge in [-0.2, -0.15) is 6.42 Å². The zero-order valence-electron chi connectivity index (χ0n) is 4.57. The third kappa shape index (κ3) is 20.4. The molecule has 6 heavy (non-hydrogen) atoms. The van der Waals surface area contributed by atoms with Crippen LogP contribution in [0.2, 0.25) is 0 Å². The maximum absolute atomic E-state index is 4.84. The van der Waals surface area contributed by atoms with Gasteiger partial charge in [0.1, 0.15) is 0 Å². The van der Waals surface area contributed by atoms with Crippen LogP contribution in [0.4, 0.5) is 0 Å². The minimum absolute atomic E-state index is 0. The summed E-state index contributed by atoms with van der Waals surface area (Å²) in [5.74, 6) is 0. The molecule has 0 aliphatic carbocycles. The first-order chi connectivity index (χ1) is 1.91. The van der Waals surface area contributed by atoms with Crippen molar-refractivity contribution in [3.05, 3.63) is 19.6 Å². The molecule has 0 bridgehead atoms. The largest absolute Gasteiger partial charge is 1.00 e. The Morgan fingerprint density at radius 1 is 1.50 bits per heavy atom. The van der Waals surface area contributed by atoms with Crippen LogP contribution >= 0.6 is 0 Å². The number of rotatable bonds is 1. The van der Waals surface area contributed by atoms with E-state index in [1.165, 1.54) is 6.08 Å². The van der Waals surface area contributed by atoms with E-state index >= 15 is 0 Å². The van der Waals surface area contributed by atoms with Crippen molar-refractivity contribution < 1.29 is 37.7 Å². The van der Waals surface area contributed by atoms with Crippen molar-refractivity contribution >= 4 is 0 Å². The fraction of sp³-hybridized carbons (Fsp3) is 0.250. The van der Waals surface area contributed by atoms with Gasteiger partial charge < -0.3 is 19.6 Å². The van der Waals surface area contributed by atoms with Gasteiger partial charge in [0.15, 0.2) is 0 Å². The van der Waals surface area contributed by atoms with Gasteiger partial charge in [-0.15, -0.1) is 0 Å². The van der Waals surface area contributed by atoms with E-state index in [1.54, 1.807) is 0 Å². The predicted molar refractivity (Wildman–Crippen MR) is 18.8 cm³/mol. The molecule has 0 amide bonds. The van der Waals surface area contributed by atoms with Crippen LogP contribution in [0.25, 0.3) is 0 Å². The van der Waals surface area contributed by atoms with Crippen LogP contribution in [0.15, 0.2) is 6.08 Å². The number of allylic oxidation sites excluding steroid dienone is 1. The predicted octanol–water partition coefficient (Wildman–Crippen LogP) is -4.79. The van der Waals surface area contributed by atoms with Crippen molar-refractivity contribution in [1.82, 2.24) is 0 Å². The molecule has 0 aliphatic heterocycles. The van der Waals surface area contributed by atoms with E-state index in [2.05, 4.69) is 6.92 Å². The molecule has 0 radical (unpaired) electrons. The third-order valence-corrected chi connectivity index (χ3v) is 0.167. The van der Waals surface area contributed by atoms with Gasteiger partial charge in [-0.3, -0.25) is 0 Å². The van der Waals surface area contributed by atoms with Crippen LogP contribution in [0.1, 0.15) is 6.42 Å². The molecule has 0 spiro atoms. The summed E-state index contributed by atoms with van der Waals surface area (Å²) in [5, 5.41) is 0. The Hall–Kier alpha value is 0.935. The van der Waals surface area contributed by atoms with Crippen LogP contribution in [0.3, 0.4) is 0 Å². The normalized spacial score (nSPS) is 4.17. The third-order valence-electron chi connectivity index (χ3n) is 0.167. The van der Waals surface area contributed by atoms with Crippen LogP contribution in [0.5, 0.6) is 0 Å². The molecular weight excluding hydrogens is 61.9 g/mol. The summed E-state index contributed by atoms with van der Waals surface area (Å²) < 4.78 is 0. The fourth-order valence-corrected chi connectivity index (χ4v) is 0. The molecule has 0 fully saturated rings. The van der Waals surface area contributed by atoms with Gasteiger partial charge in [0.25, 0.3) is 0 Å². The van der Waals surface area contributed by atoms with Gasteiger partial charge in [-0.25, -0.2) is 0 Å². The molecule has 0 aromatic heterocycles. The van der Waals surface area contributed by atoms with Crippen LogP contribution < -0.4 is 37.7 Å². The Morgan fingerprint density at radius 2 is 1.67 bits per heavy atom. The summed E-state index contributed by atoms with van der Waals surface area (Å²) in [7, 11) is 0. The van der Waals surface area contributed by atoms with Gasteiger partial charge in [-0.05, 0) is 0 Å². The molecule has 2 heteroatoms. The molecule has 0 N–H and O–H groups in total. The van der Waals surface area contributed by atoms with Crippen molar-refractivity contribution in [2.75, 3.05) is 0 Å². The monoisotopic (exact) mass is 68.1 g/mol. The van der Waals surface area contributed by atoms with E-state index in [0.29, 0.717) is 0 Å². The summed E-state index contributed by atoms with van der Waals surface area (Å²) in [6.07, 6.45) is 2.24. The molecule has 0 rings (SSSR count). The molecule has 0 unspecified atom stereocenters. The van der Waals surface area contributed by atoms with Crippen molar-refractivity contribution in [2.45, 2.75) is 6.42 Å². The maximum Gasteiger partial charge on any atom is 1.00 e. The molecule has 0 saturated carbocycles. The second-order valence-corrected chi connectivity index (χ2v) is 0.524. The van der Waals surface area contributed by atoms with E-state index < -0.39 is 0 Å². The molecule has 0 aromatic rings. The molecule has 0 aliphatic rings. The number of hydrogen-bond donors (Lipinski definition) is 0. The Kier molecular flexibility index (Phi) is 44.1. The summed E-state index contributed by atoms with van der Waals surface area (Å²) in [6, 6.07) is 0. The molecule has 0 nitrogen and oxygen atoms in total. The van der Waals surface area contributed by atoms with Crippen molar-refractivity contribution in [3.8, 4) is 0 Å². The van der Waals surface area contributed by atoms with E-state index in [-0.39, 0.29) is 37.7 Å². The Morgan fingerprint density at radius 3 is 1.67 bits per heavy atom. The average Bonchev–Trinajstić information content (AvgIpc) is 1.37. The fourth-order valence-electron chi connectivity index (χ4n) is 0.